The van der Waals surface area contributed by atoms with E-state index in [9.17, 15) is 8.78 Å². The average molecular weight is 186 g/mol. The Kier molecular flexibility index (Phi) is 1.73. The van der Waals surface area contributed by atoms with Crippen LogP contribution in [0.25, 0.3) is 0 Å². The van der Waals surface area contributed by atoms with Crippen LogP contribution in [0.2, 0.25) is 0 Å². The van der Waals surface area contributed by atoms with Crippen molar-refractivity contribution < 1.29 is 18.3 Å². The quantitative estimate of drug-likeness (QED) is 0.619. The molecule has 0 amide bonds. The maximum atomic E-state index is 12.6. The van der Waals surface area contributed by atoms with Crippen LogP contribution in [0.3, 0.4) is 0 Å². The van der Waals surface area contributed by atoms with Gasteiger partial charge in [-0.2, -0.15) is 0 Å². The molecule has 1 heterocycles. The Balaban J connectivity index is 2.38. The predicted octanol–water partition coefficient (Wildman–Crippen LogP) is 2.45. The molecule has 0 atom stereocenters. The minimum Gasteiger partial charge on any atom is -0.409 e. The lowest BCUT2D eigenvalue weighted by Gasteiger charge is -2.24. The van der Waals surface area contributed by atoms with Crippen molar-refractivity contribution in [1.29, 1.82) is 0 Å². The van der Waals surface area contributed by atoms with Crippen molar-refractivity contribution in [3.05, 3.63) is 29.3 Å². The van der Waals surface area contributed by atoms with Crippen LogP contribution in [-0.2, 0) is 11.3 Å². The summed E-state index contributed by atoms with van der Waals surface area (Å²) in [7, 11) is 0. The lowest BCUT2D eigenvalue weighted by molar-refractivity contribution is -0.368. The van der Waals surface area contributed by atoms with Crippen LogP contribution in [0.5, 0.6) is 5.75 Å². The number of fused-ring (bicyclic) bond motifs is 1. The number of hydrogen-bond acceptors (Lipinski definition) is 2. The van der Waals surface area contributed by atoms with Gasteiger partial charge in [-0.05, 0) is 18.6 Å². The highest BCUT2D eigenvalue weighted by Crippen LogP contribution is 2.33. The fourth-order valence-electron chi connectivity index (χ4n) is 1.20. The minimum atomic E-state index is -3.49. The maximum absolute atomic E-state index is 12.6. The fraction of sp³-hybridized carbons (Fsp3) is 0.333. The molecule has 0 bridgehead atoms. The second kappa shape index (κ2) is 2.67. The molecule has 1 aromatic carbocycles. The molecule has 2 rings (SSSR count). The van der Waals surface area contributed by atoms with Gasteiger partial charge in [0.15, 0.2) is 0 Å². The number of aryl methyl sites for hydroxylation is 1. The number of halogens is 2. The Morgan fingerprint density at radius 3 is 2.92 bits per heavy atom. The standard InChI is InChI=1S/C9H8F2O2/c1-6-2-3-7-5-12-9(10,11)13-8(7)4-6/h2-4H,5H2,1H3. The summed E-state index contributed by atoms with van der Waals surface area (Å²) in [5.74, 6) is 0.205. The van der Waals surface area contributed by atoms with Gasteiger partial charge in [-0.3, -0.25) is 4.74 Å². The van der Waals surface area contributed by atoms with E-state index in [0.717, 1.165) is 5.56 Å². The molecule has 0 spiro atoms. The van der Waals surface area contributed by atoms with Gasteiger partial charge in [-0.25, -0.2) is 0 Å². The first kappa shape index (κ1) is 8.44. The van der Waals surface area contributed by atoms with Crippen molar-refractivity contribution >= 4 is 0 Å². The molecule has 1 aromatic rings. The van der Waals surface area contributed by atoms with Crippen LogP contribution in [0, 0.1) is 6.92 Å². The van der Waals surface area contributed by atoms with Gasteiger partial charge in [0.1, 0.15) is 5.75 Å². The van der Waals surface area contributed by atoms with Crippen LogP contribution < -0.4 is 4.74 Å². The molecule has 13 heavy (non-hydrogen) atoms. The molecule has 0 fully saturated rings. The fourth-order valence-corrected chi connectivity index (χ4v) is 1.20. The third-order valence-electron chi connectivity index (χ3n) is 1.85. The number of alkyl halides is 2. The summed E-state index contributed by atoms with van der Waals surface area (Å²) in [5.41, 5.74) is 1.54. The smallest absolute Gasteiger partial charge is 0.409 e. The molecule has 1 aliphatic rings. The van der Waals surface area contributed by atoms with Crippen molar-refractivity contribution in [2.24, 2.45) is 0 Å². The number of benzene rings is 1. The highest BCUT2D eigenvalue weighted by Gasteiger charge is 2.38. The van der Waals surface area contributed by atoms with Crippen molar-refractivity contribution in [3.63, 3.8) is 0 Å². The second-order valence-corrected chi connectivity index (χ2v) is 2.97. The lowest BCUT2D eigenvalue weighted by Crippen LogP contribution is -2.32. The van der Waals surface area contributed by atoms with Gasteiger partial charge in [0.05, 0.1) is 6.61 Å². The highest BCUT2D eigenvalue weighted by molar-refractivity contribution is 5.37. The zero-order chi connectivity index (χ0) is 9.47. The van der Waals surface area contributed by atoms with Crippen LogP contribution in [-0.4, -0.2) is 6.29 Å². The highest BCUT2D eigenvalue weighted by atomic mass is 19.3. The van der Waals surface area contributed by atoms with Gasteiger partial charge >= 0.3 is 6.29 Å². The van der Waals surface area contributed by atoms with E-state index in [1.54, 1.807) is 12.1 Å². The van der Waals surface area contributed by atoms with E-state index in [4.69, 9.17) is 0 Å². The number of ether oxygens (including phenoxy) is 2. The van der Waals surface area contributed by atoms with E-state index in [1.807, 2.05) is 13.0 Å². The van der Waals surface area contributed by atoms with E-state index in [-0.39, 0.29) is 12.4 Å². The van der Waals surface area contributed by atoms with E-state index in [1.165, 1.54) is 0 Å². The molecular weight excluding hydrogens is 178 g/mol. The van der Waals surface area contributed by atoms with Crippen LogP contribution in [0.1, 0.15) is 11.1 Å². The zero-order valence-electron chi connectivity index (χ0n) is 7.01. The van der Waals surface area contributed by atoms with Gasteiger partial charge in [-0.1, -0.05) is 12.1 Å². The largest absolute Gasteiger partial charge is 0.535 e. The number of hydrogen-bond donors (Lipinski definition) is 0. The summed E-state index contributed by atoms with van der Waals surface area (Å²) in [6, 6.07) is 5.13. The van der Waals surface area contributed by atoms with Crippen molar-refractivity contribution in [2.45, 2.75) is 19.8 Å². The zero-order valence-corrected chi connectivity index (χ0v) is 7.01. The van der Waals surface area contributed by atoms with Gasteiger partial charge in [-0.15, -0.1) is 8.78 Å². The van der Waals surface area contributed by atoms with Crippen LogP contribution in [0.15, 0.2) is 18.2 Å². The predicted molar refractivity (Wildman–Crippen MR) is 41.5 cm³/mol. The average Bonchev–Trinajstić information content (AvgIpc) is 2.01. The molecule has 0 aromatic heterocycles. The van der Waals surface area contributed by atoms with Gasteiger partial charge < -0.3 is 4.74 Å². The molecule has 0 saturated heterocycles. The molecule has 0 N–H and O–H groups in total. The molecule has 0 unspecified atom stereocenters. The summed E-state index contributed by atoms with van der Waals surface area (Å²) < 4.78 is 33.7. The Bertz CT molecular complexity index is 336. The van der Waals surface area contributed by atoms with Crippen molar-refractivity contribution in [3.8, 4) is 5.75 Å². The third kappa shape index (κ3) is 1.62. The Hall–Kier alpha value is -1.16. The molecule has 0 aliphatic carbocycles. The van der Waals surface area contributed by atoms with Crippen LogP contribution >= 0.6 is 0 Å². The van der Waals surface area contributed by atoms with Gasteiger partial charge in [0.25, 0.3) is 0 Å². The van der Waals surface area contributed by atoms with E-state index in [2.05, 4.69) is 9.47 Å². The minimum absolute atomic E-state index is 0.109. The van der Waals surface area contributed by atoms with E-state index >= 15 is 0 Å². The normalized spacial score (nSPS) is 19.0. The Labute approximate surface area is 74.1 Å². The first-order valence-corrected chi connectivity index (χ1v) is 3.87. The van der Waals surface area contributed by atoms with Crippen LogP contribution in [0.4, 0.5) is 8.78 Å². The molecule has 1 aliphatic heterocycles. The summed E-state index contributed by atoms with van der Waals surface area (Å²) in [6.45, 7) is 1.71. The molecular formula is C9H8F2O2. The Morgan fingerprint density at radius 1 is 1.38 bits per heavy atom. The summed E-state index contributed by atoms with van der Waals surface area (Å²) in [4.78, 5) is 0. The summed E-state index contributed by atoms with van der Waals surface area (Å²) in [6.07, 6.45) is -3.49. The molecule has 70 valence electrons. The molecule has 4 heteroatoms. The van der Waals surface area contributed by atoms with E-state index < -0.39 is 6.29 Å². The topological polar surface area (TPSA) is 18.5 Å². The molecule has 0 saturated carbocycles. The molecule has 0 radical (unpaired) electrons. The first-order valence-electron chi connectivity index (χ1n) is 3.87. The maximum Gasteiger partial charge on any atom is 0.535 e. The van der Waals surface area contributed by atoms with Crippen molar-refractivity contribution in [1.82, 2.24) is 0 Å². The summed E-state index contributed by atoms with van der Waals surface area (Å²) >= 11 is 0. The molecule has 2 nitrogen and oxygen atoms in total. The first-order chi connectivity index (χ1) is 6.07. The monoisotopic (exact) mass is 186 g/mol. The summed E-state index contributed by atoms with van der Waals surface area (Å²) in [5, 5.41) is 0. The van der Waals surface area contributed by atoms with Crippen molar-refractivity contribution in [2.75, 3.05) is 0 Å². The van der Waals surface area contributed by atoms with Gasteiger partial charge in [0.2, 0.25) is 0 Å². The second-order valence-electron chi connectivity index (χ2n) is 2.97. The van der Waals surface area contributed by atoms with E-state index in [0.29, 0.717) is 5.56 Å². The Morgan fingerprint density at radius 2 is 2.15 bits per heavy atom. The lowest BCUT2D eigenvalue weighted by atomic mass is 10.1. The number of rotatable bonds is 0. The SMILES string of the molecule is Cc1ccc2c(c1)OC(F)(F)OC2. The third-order valence-corrected chi connectivity index (χ3v) is 1.85. The van der Waals surface area contributed by atoms with Gasteiger partial charge in [0, 0.05) is 5.56 Å².